The fraction of sp³-hybridized carbons (Fsp3) is 0.377. The number of rotatable bonds is 20. The number of sulfone groups is 1. The SMILES string of the molecule is CC(C)(C)OC(=O)N(CC=O)N[C@@H](c1ccccc1-c1ccc(Cl)cc1)C1CCN(c2ccc(C(=O)NS(=O)(=O)c3ccc(NC(CCN4CCOCC4)CSc4ccccc4)c(S(=O)(=O)C(F)(F)F)c3)cc2)CC1. The Hall–Kier alpha value is -5.68. The standard InChI is InChI=1S/C53H60ClF3N6O9S3/c1-52(2,3)72-51(66)63(29-32-64)59-49(46-12-8-7-11-45(46)37-13-17-40(54)18-14-37)38-23-27-62(28-24-38)42-19-15-39(16-20-42)50(65)60-75(69,70)44-21-22-47(48(35-44)74(67,68)53(55,56)57)58-41(25-26-61-30-33-71-34-31-61)36-73-43-9-5-4-6-10-43/h4-22,32,35,38,41,49,58-59H,23-31,33-34,36H2,1-3H3,(H,60,65)/t41?,49-/m1/s1. The Balaban J connectivity index is 1.06. The van der Waals surface area contributed by atoms with Gasteiger partial charge in [0.2, 0.25) is 0 Å². The Bertz CT molecular complexity index is 2980. The Morgan fingerprint density at radius 3 is 2.16 bits per heavy atom. The van der Waals surface area contributed by atoms with Crippen LogP contribution in [0, 0.1) is 5.92 Å². The van der Waals surface area contributed by atoms with E-state index in [2.05, 4.69) is 20.5 Å². The number of nitrogens with zero attached hydrogens (tertiary/aromatic N) is 3. The number of morpholine rings is 1. The van der Waals surface area contributed by atoms with Crippen molar-refractivity contribution in [2.24, 2.45) is 5.92 Å². The third-order valence-electron chi connectivity index (χ3n) is 12.7. The molecule has 3 N–H and O–H groups in total. The zero-order valence-electron chi connectivity index (χ0n) is 41.6. The summed E-state index contributed by atoms with van der Waals surface area (Å²) >= 11 is 7.66. The summed E-state index contributed by atoms with van der Waals surface area (Å²) in [5.74, 6) is -0.828. The van der Waals surface area contributed by atoms with Gasteiger partial charge >= 0.3 is 11.6 Å². The van der Waals surface area contributed by atoms with Crippen LogP contribution in [0.4, 0.5) is 29.3 Å². The summed E-state index contributed by atoms with van der Waals surface area (Å²) in [6.07, 6.45) is 1.54. The van der Waals surface area contributed by atoms with Crippen molar-refractivity contribution in [2.45, 2.75) is 77.9 Å². The number of amides is 2. The number of anilines is 2. The summed E-state index contributed by atoms with van der Waals surface area (Å²) in [5.41, 5.74) is -0.403. The summed E-state index contributed by atoms with van der Waals surface area (Å²) in [5, 5.41) is 4.74. The molecule has 22 heteroatoms. The van der Waals surface area contributed by atoms with Crippen LogP contribution in [-0.4, -0.2) is 120 Å². The maximum atomic E-state index is 14.3. The topological polar surface area (TPSA) is 184 Å². The first-order valence-electron chi connectivity index (χ1n) is 24.3. The van der Waals surface area contributed by atoms with Crippen LogP contribution >= 0.6 is 23.4 Å². The van der Waals surface area contributed by atoms with E-state index in [1.165, 1.54) is 28.9 Å². The lowest BCUT2D eigenvalue weighted by Gasteiger charge is -2.40. The molecule has 0 aromatic heterocycles. The molecule has 2 aliphatic rings. The van der Waals surface area contributed by atoms with Gasteiger partial charge in [-0.3, -0.25) is 9.69 Å². The molecule has 1 unspecified atom stereocenters. The van der Waals surface area contributed by atoms with Gasteiger partial charge in [0.25, 0.3) is 25.8 Å². The second kappa shape index (κ2) is 25.0. The number of benzene rings is 5. The fourth-order valence-electron chi connectivity index (χ4n) is 8.81. The van der Waals surface area contributed by atoms with E-state index in [-0.39, 0.29) is 18.0 Å². The molecule has 402 valence electrons. The first-order valence-corrected chi connectivity index (χ1v) is 28.6. The number of nitrogens with one attached hydrogen (secondary N) is 3. The molecule has 2 atom stereocenters. The van der Waals surface area contributed by atoms with Gasteiger partial charge in [-0.25, -0.2) is 36.8 Å². The number of thioether (sulfide) groups is 1. The predicted octanol–water partition coefficient (Wildman–Crippen LogP) is 9.61. The lowest BCUT2D eigenvalue weighted by Crippen LogP contribution is -2.50. The molecule has 5 aromatic carbocycles. The van der Waals surface area contributed by atoms with E-state index < -0.39 is 70.5 Å². The van der Waals surface area contributed by atoms with Crippen LogP contribution in [0.15, 0.2) is 136 Å². The van der Waals surface area contributed by atoms with Crippen molar-refractivity contribution in [1.82, 2.24) is 20.1 Å². The van der Waals surface area contributed by atoms with E-state index >= 15 is 0 Å². The largest absolute Gasteiger partial charge is 0.501 e. The highest BCUT2D eigenvalue weighted by Gasteiger charge is 2.48. The van der Waals surface area contributed by atoms with Crippen LogP contribution in [0.2, 0.25) is 5.02 Å². The summed E-state index contributed by atoms with van der Waals surface area (Å²) < 4.78 is 110. The molecule has 0 spiro atoms. The zero-order chi connectivity index (χ0) is 54.0. The number of ether oxygens (including phenoxy) is 2. The van der Waals surface area contributed by atoms with E-state index in [1.807, 2.05) is 71.5 Å². The Morgan fingerprint density at radius 2 is 1.52 bits per heavy atom. The summed E-state index contributed by atoms with van der Waals surface area (Å²) in [7, 11) is -11.0. The van der Waals surface area contributed by atoms with Gasteiger partial charge in [-0.05, 0) is 129 Å². The van der Waals surface area contributed by atoms with Gasteiger partial charge in [0, 0.05) is 65.7 Å². The molecule has 2 fully saturated rings. The molecule has 5 aromatic rings. The average molecular weight is 1110 g/mol. The van der Waals surface area contributed by atoms with Crippen LogP contribution < -0.4 is 20.4 Å². The highest BCUT2D eigenvalue weighted by molar-refractivity contribution is 7.99. The molecular weight excluding hydrogens is 1050 g/mol. The maximum absolute atomic E-state index is 14.3. The molecule has 0 saturated carbocycles. The molecule has 75 heavy (non-hydrogen) atoms. The third kappa shape index (κ3) is 15.3. The van der Waals surface area contributed by atoms with Crippen molar-refractivity contribution in [2.75, 3.05) is 68.5 Å². The Kier molecular flexibility index (Phi) is 19.0. The molecular formula is C53H60ClF3N6O9S3. The number of hydrogen-bond donors (Lipinski definition) is 3. The second-order valence-corrected chi connectivity index (χ2v) is 24.2. The first-order chi connectivity index (χ1) is 35.6. The number of sulfonamides is 1. The van der Waals surface area contributed by atoms with Crippen LogP contribution in [0.25, 0.3) is 11.1 Å². The van der Waals surface area contributed by atoms with Crippen molar-refractivity contribution >= 4 is 72.9 Å². The van der Waals surface area contributed by atoms with Gasteiger partial charge in [-0.1, -0.05) is 66.2 Å². The first kappa shape index (κ1) is 57.0. The van der Waals surface area contributed by atoms with Crippen molar-refractivity contribution in [3.63, 3.8) is 0 Å². The smallest absolute Gasteiger partial charge is 0.443 e. The number of alkyl halides is 3. The molecule has 2 aliphatic heterocycles. The number of carbonyl (C=O) groups excluding carboxylic acids is 3. The summed E-state index contributed by atoms with van der Waals surface area (Å²) in [4.78, 5) is 41.8. The number of hydrogen-bond acceptors (Lipinski definition) is 14. The third-order valence-corrected chi connectivity index (χ3v) is 16.9. The number of carbonyl (C=O) groups is 3. The minimum absolute atomic E-state index is 0.0709. The van der Waals surface area contributed by atoms with Crippen LogP contribution in [0.1, 0.15) is 62.0 Å². The van der Waals surface area contributed by atoms with Crippen molar-refractivity contribution in [1.29, 1.82) is 0 Å². The maximum Gasteiger partial charge on any atom is 0.501 e. The average Bonchev–Trinajstić information content (AvgIpc) is 3.38. The molecule has 0 aliphatic carbocycles. The van der Waals surface area contributed by atoms with Gasteiger partial charge in [0.15, 0.2) is 0 Å². The van der Waals surface area contributed by atoms with Crippen LogP contribution in [0.5, 0.6) is 0 Å². The molecule has 0 radical (unpaired) electrons. The van der Waals surface area contributed by atoms with Crippen molar-refractivity contribution < 1.29 is 53.9 Å². The molecule has 2 amide bonds. The second-order valence-electron chi connectivity index (χ2n) is 19.1. The lowest BCUT2D eigenvalue weighted by atomic mass is 9.82. The van der Waals surface area contributed by atoms with Crippen LogP contribution in [-0.2, 0) is 34.1 Å². The number of hydrazine groups is 1. The summed E-state index contributed by atoms with van der Waals surface area (Å²) in [6.45, 7) is 8.89. The molecule has 0 bridgehead atoms. The normalized spacial score (nSPS) is 15.9. The zero-order valence-corrected chi connectivity index (χ0v) is 44.8. The van der Waals surface area contributed by atoms with E-state index in [1.54, 1.807) is 45.0 Å². The highest BCUT2D eigenvalue weighted by Crippen LogP contribution is 2.39. The molecule has 15 nitrogen and oxygen atoms in total. The van der Waals surface area contributed by atoms with Gasteiger partial charge in [-0.15, -0.1) is 11.8 Å². The highest BCUT2D eigenvalue weighted by atomic mass is 35.5. The van der Waals surface area contributed by atoms with Gasteiger partial charge in [0.1, 0.15) is 16.8 Å². The quantitative estimate of drug-likeness (QED) is 0.0380. The predicted molar refractivity (Wildman–Crippen MR) is 284 cm³/mol. The number of aldehydes is 1. The molecule has 2 saturated heterocycles. The van der Waals surface area contributed by atoms with E-state index in [0.717, 1.165) is 33.7 Å². The van der Waals surface area contributed by atoms with E-state index in [9.17, 15) is 44.4 Å². The number of piperidine rings is 1. The van der Waals surface area contributed by atoms with E-state index in [0.29, 0.717) is 94.0 Å². The minimum Gasteiger partial charge on any atom is -0.443 e. The fourth-order valence-corrected chi connectivity index (χ4v) is 12.0. The molecule has 2 heterocycles. The van der Waals surface area contributed by atoms with Crippen molar-refractivity contribution in [3.8, 4) is 11.1 Å². The monoisotopic (exact) mass is 1110 g/mol. The summed E-state index contributed by atoms with van der Waals surface area (Å²) in [6, 6.07) is 31.9. The van der Waals surface area contributed by atoms with Gasteiger partial charge in [-0.2, -0.15) is 13.2 Å². The number of halogens is 4. The Morgan fingerprint density at radius 1 is 0.867 bits per heavy atom. The van der Waals surface area contributed by atoms with Gasteiger partial charge in [0.05, 0.1) is 36.4 Å². The lowest BCUT2D eigenvalue weighted by molar-refractivity contribution is -0.110. The minimum atomic E-state index is -6.11. The molecule has 7 rings (SSSR count). The Labute approximate surface area is 445 Å². The van der Waals surface area contributed by atoms with Crippen LogP contribution in [0.3, 0.4) is 0 Å². The van der Waals surface area contributed by atoms with Gasteiger partial charge < -0.3 is 24.5 Å². The van der Waals surface area contributed by atoms with Crippen molar-refractivity contribution in [3.05, 3.63) is 137 Å². The van der Waals surface area contributed by atoms with E-state index in [4.69, 9.17) is 21.1 Å².